The van der Waals surface area contributed by atoms with Gasteiger partial charge in [0.05, 0.1) is 0 Å². The summed E-state index contributed by atoms with van der Waals surface area (Å²) in [6, 6.07) is 17.5. The van der Waals surface area contributed by atoms with Crippen molar-refractivity contribution < 1.29 is 9.47 Å². The molecule has 0 N–H and O–H groups in total. The predicted molar refractivity (Wildman–Crippen MR) is 77.3 cm³/mol. The number of fused-ring (bicyclic) bond motifs is 1. The van der Waals surface area contributed by atoms with Crippen molar-refractivity contribution in [1.82, 2.24) is 0 Å². The van der Waals surface area contributed by atoms with Crippen LogP contribution in [-0.2, 0) is 4.74 Å². The summed E-state index contributed by atoms with van der Waals surface area (Å²) in [5.74, 6) is 0.456. The van der Waals surface area contributed by atoms with Crippen molar-refractivity contribution in [3.05, 3.63) is 65.7 Å². The molecule has 0 radical (unpaired) electrons. The first kappa shape index (κ1) is 11.8. The van der Waals surface area contributed by atoms with E-state index in [1.807, 2.05) is 54.6 Å². The maximum atomic E-state index is 6.54. The van der Waals surface area contributed by atoms with Gasteiger partial charge >= 0.3 is 0 Å². The minimum atomic E-state index is -0.906. The lowest BCUT2D eigenvalue weighted by Crippen LogP contribution is -2.40. The molecule has 0 saturated carbocycles. The average molecular weight is 286 g/mol. The molecule has 4 heteroatoms. The summed E-state index contributed by atoms with van der Waals surface area (Å²) in [5.41, 5.74) is 1.89. The molecular weight excluding hydrogens is 274 g/mol. The van der Waals surface area contributed by atoms with Gasteiger partial charge < -0.3 is 9.47 Å². The zero-order chi connectivity index (χ0) is 13.6. The van der Waals surface area contributed by atoms with Crippen LogP contribution in [0.3, 0.4) is 0 Å². The van der Waals surface area contributed by atoms with Crippen LogP contribution in [0, 0.1) is 0 Å². The van der Waals surface area contributed by atoms with Crippen LogP contribution in [-0.4, -0.2) is 18.2 Å². The molecule has 0 fully saturated rings. The van der Waals surface area contributed by atoms with E-state index in [1.54, 1.807) is 0 Å². The summed E-state index contributed by atoms with van der Waals surface area (Å²) in [7, 11) is 0. The summed E-state index contributed by atoms with van der Waals surface area (Å²) in [4.78, 5) is 4.46. The fourth-order valence-electron chi connectivity index (χ4n) is 2.58. The van der Waals surface area contributed by atoms with Crippen molar-refractivity contribution in [3.63, 3.8) is 0 Å². The Balaban J connectivity index is 1.65. The highest BCUT2D eigenvalue weighted by Gasteiger charge is 2.53. The van der Waals surface area contributed by atoms with Gasteiger partial charge in [-0.2, -0.15) is 0 Å². The van der Waals surface area contributed by atoms with Crippen molar-refractivity contribution in [2.24, 2.45) is 4.99 Å². The van der Waals surface area contributed by atoms with E-state index in [0.29, 0.717) is 12.4 Å². The SMILES string of the molecule is Cl[C@H]1c2ccccc2O[C@@]12CN=C(c1ccccc1)O2. The second-order valence-corrected chi connectivity index (χ2v) is 5.34. The Morgan fingerprint density at radius 2 is 1.75 bits per heavy atom. The molecule has 0 aromatic heterocycles. The topological polar surface area (TPSA) is 30.8 Å². The highest BCUT2D eigenvalue weighted by atomic mass is 35.5. The molecule has 2 atom stereocenters. The first-order chi connectivity index (χ1) is 9.78. The van der Waals surface area contributed by atoms with Gasteiger partial charge in [-0.05, 0) is 18.2 Å². The summed E-state index contributed by atoms with van der Waals surface area (Å²) < 4.78 is 11.9. The number of nitrogens with zero attached hydrogens (tertiary/aromatic N) is 1. The molecule has 0 amide bonds. The molecule has 0 aliphatic carbocycles. The number of hydrogen-bond acceptors (Lipinski definition) is 3. The zero-order valence-corrected chi connectivity index (χ0v) is 11.4. The standard InChI is InChI=1S/C16H12ClNO2/c17-14-12-8-4-5-9-13(12)19-16(14)10-18-15(20-16)11-6-2-1-3-7-11/h1-9,14H,10H2/t14-,16+/m0/s1. The van der Waals surface area contributed by atoms with E-state index in [-0.39, 0.29) is 5.38 Å². The Morgan fingerprint density at radius 1 is 1.00 bits per heavy atom. The molecule has 3 nitrogen and oxygen atoms in total. The Morgan fingerprint density at radius 3 is 2.55 bits per heavy atom. The largest absolute Gasteiger partial charge is 0.448 e. The van der Waals surface area contributed by atoms with Gasteiger partial charge in [0, 0.05) is 11.1 Å². The van der Waals surface area contributed by atoms with Crippen LogP contribution >= 0.6 is 11.6 Å². The normalized spacial score (nSPS) is 26.9. The number of halogens is 1. The summed E-state index contributed by atoms with van der Waals surface area (Å²) in [6.07, 6.45) is 0. The number of benzene rings is 2. The fourth-order valence-corrected chi connectivity index (χ4v) is 2.92. The monoisotopic (exact) mass is 285 g/mol. The summed E-state index contributed by atoms with van der Waals surface area (Å²) in [6.45, 7) is 0.403. The van der Waals surface area contributed by atoms with Crippen LogP contribution in [0.4, 0.5) is 0 Å². The maximum Gasteiger partial charge on any atom is 0.293 e. The Labute approximate surface area is 121 Å². The van der Waals surface area contributed by atoms with Crippen LogP contribution in [0.2, 0.25) is 0 Å². The molecule has 1 spiro atoms. The van der Waals surface area contributed by atoms with Gasteiger partial charge in [-0.15, -0.1) is 11.6 Å². The second-order valence-electron chi connectivity index (χ2n) is 4.90. The molecular formula is C16H12ClNO2. The molecule has 2 aromatic carbocycles. The van der Waals surface area contributed by atoms with Crippen LogP contribution in [0.25, 0.3) is 0 Å². The maximum absolute atomic E-state index is 6.54. The van der Waals surface area contributed by atoms with Gasteiger partial charge in [-0.3, -0.25) is 0 Å². The van der Waals surface area contributed by atoms with Crippen molar-refractivity contribution >= 4 is 17.5 Å². The molecule has 4 rings (SSSR count). The molecule has 2 aromatic rings. The van der Waals surface area contributed by atoms with Crippen molar-refractivity contribution in [2.45, 2.75) is 11.2 Å². The number of ether oxygens (including phenoxy) is 2. The van der Waals surface area contributed by atoms with Gasteiger partial charge in [0.1, 0.15) is 17.7 Å². The Kier molecular flexibility index (Phi) is 2.51. The number of para-hydroxylation sites is 1. The minimum Gasteiger partial charge on any atom is -0.448 e. The third kappa shape index (κ3) is 1.63. The molecule has 0 saturated heterocycles. The van der Waals surface area contributed by atoms with E-state index in [0.717, 1.165) is 16.9 Å². The van der Waals surface area contributed by atoms with Crippen molar-refractivity contribution in [1.29, 1.82) is 0 Å². The quantitative estimate of drug-likeness (QED) is 0.751. The molecule has 100 valence electrons. The summed E-state index contributed by atoms with van der Waals surface area (Å²) in [5, 5.41) is -0.358. The number of rotatable bonds is 1. The number of aliphatic imine (C=N–C) groups is 1. The second kappa shape index (κ2) is 4.25. The van der Waals surface area contributed by atoms with Gasteiger partial charge in [0.15, 0.2) is 0 Å². The fraction of sp³-hybridized carbons (Fsp3) is 0.188. The van der Waals surface area contributed by atoms with Gasteiger partial charge in [0.2, 0.25) is 5.90 Å². The third-order valence-electron chi connectivity index (χ3n) is 3.59. The van der Waals surface area contributed by atoms with E-state index in [1.165, 1.54) is 0 Å². The smallest absolute Gasteiger partial charge is 0.293 e. The van der Waals surface area contributed by atoms with Crippen LogP contribution < -0.4 is 4.74 Å². The minimum absolute atomic E-state index is 0.358. The molecule has 0 unspecified atom stereocenters. The highest BCUT2D eigenvalue weighted by Crippen LogP contribution is 2.49. The van der Waals surface area contributed by atoms with Crippen molar-refractivity contribution in [3.8, 4) is 5.75 Å². The lowest BCUT2D eigenvalue weighted by atomic mass is 10.1. The molecule has 2 aliphatic rings. The van der Waals surface area contributed by atoms with E-state index in [2.05, 4.69) is 4.99 Å². The zero-order valence-electron chi connectivity index (χ0n) is 10.6. The highest BCUT2D eigenvalue weighted by molar-refractivity contribution is 6.22. The average Bonchev–Trinajstić information content (AvgIpc) is 3.04. The van der Waals surface area contributed by atoms with E-state index in [9.17, 15) is 0 Å². The lowest BCUT2D eigenvalue weighted by molar-refractivity contribution is -0.0864. The Hall–Kier alpha value is -2.00. The third-order valence-corrected chi connectivity index (χ3v) is 4.16. The van der Waals surface area contributed by atoms with Gasteiger partial charge in [-0.25, -0.2) is 4.99 Å². The van der Waals surface area contributed by atoms with Crippen LogP contribution in [0.1, 0.15) is 16.5 Å². The van der Waals surface area contributed by atoms with Gasteiger partial charge in [0.25, 0.3) is 5.79 Å². The van der Waals surface area contributed by atoms with Gasteiger partial charge in [-0.1, -0.05) is 36.4 Å². The van der Waals surface area contributed by atoms with Crippen molar-refractivity contribution in [2.75, 3.05) is 6.54 Å². The lowest BCUT2D eigenvalue weighted by Gasteiger charge is -2.25. The predicted octanol–water partition coefficient (Wildman–Crippen LogP) is 3.53. The van der Waals surface area contributed by atoms with E-state index in [4.69, 9.17) is 21.1 Å². The first-order valence-electron chi connectivity index (χ1n) is 6.49. The summed E-state index contributed by atoms with van der Waals surface area (Å²) >= 11 is 6.54. The molecule has 0 bridgehead atoms. The first-order valence-corrected chi connectivity index (χ1v) is 6.93. The molecule has 2 heterocycles. The molecule has 20 heavy (non-hydrogen) atoms. The molecule has 2 aliphatic heterocycles. The van der Waals surface area contributed by atoms with Crippen LogP contribution in [0.15, 0.2) is 59.6 Å². The Bertz CT molecular complexity index is 686. The number of hydrogen-bond donors (Lipinski definition) is 0. The van der Waals surface area contributed by atoms with E-state index < -0.39 is 5.79 Å². The van der Waals surface area contributed by atoms with E-state index >= 15 is 0 Å². The van der Waals surface area contributed by atoms with Crippen LogP contribution in [0.5, 0.6) is 5.75 Å². The number of alkyl halides is 1.